The monoisotopic (exact) mass is 434 g/mol. The van der Waals surface area contributed by atoms with Crippen LogP contribution in [0, 0.1) is 5.82 Å². The number of hydrogen-bond donors (Lipinski definition) is 1. The highest BCUT2D eigenvalue weighted by atomic mass is 79.9. The molecule has 1 heterocycles. The van der Waals surface area contributed by atoms with Gasteiger partial charge in [-0.15, -0.1) is 0 Å². The fraction of sp³-hybridized carbons (Fsp3) is 0.300. The predicted octanol–water partition coefficient (Wildman–Crippen LogP) is 5.50. The number of amides is 1. The van der Waals surface area contributed by atoms with E-state index in [1.54, 1.807) is 36.0 Å². The Hall–Kier alpha value is -1.66. The molecule has 1 unspecified atom stereocenters. The summed E-state index contributed by atoms with van der Waals surface area (Å²) < 4.78 is 13.9. The first-order valence-electron chi connectivity index (χ1n) is 8.29. The number of halogens is 2. The smallest absolute Gasteiger partial charge is 0.257 e. The van der Waals surface area contributed by atoms with Crippen molar-refractivity contribution in [3.8, 4) is 0 Å². The van der Waals surface area contributed by atoms with Gasteiger partial charge in [-0.25, -0.2) is 4.39 Å². The van der Waals surface area contributed by atoms with Crippen LogP contribution in [-0.2, 0) is 5.54 Å². The summed E-state index contributed by atoms with van der Waals surface area (Å²) in [6, 6.07) is 14.0. The summed E-state index contributed by atoms with van der Waals surface area (Å²) in [5.41, 5.74) is 0.945. The SMILES string of the molecule is CC1(C)CC(C)(c2ccc(F)c(Br)c2)N=C(NC(=O)c2ccccc2)S1. The number of aliphatic imine (C=N–C) groups is 1. The number of amidine groups is 1. The summed E-state index contributed by atoms with van der Waals surface area (Å²) in [7, 11) is 0. The van der Waals surface area contributed by atoms with Gasteiger partial charge in [0.25, 0.3) is 5.91 Å². The molecule has 0 aliphatic carbocycles. The summed E-state index contributed by atoms with van der Waals surface area (Å²) in [5.74, 6) is -0.486. The van der Waals surface area contributed by atoms with Gasteiger partial charge in [0, 0.05) is 10.3 Å². The second-order valence-electron chi connectivity index (χ2n) is 7.18. The number of carbonyl (C=O) groups excluding carboxylic acids is 1. The molecule has 6 heteroatoms. The highest BCUT2D eigenvalue weighted by Gasteiger charge is 2.40. The maximum atomic E-state index is 13.6. The topological polar surface area (TPSA) is 41.5 Å². The molecule has 1 N–H and O–H groups in total. The Balaban J connectivity index is 1.94. The van der Waals surface area contributed by atoms with Gasteiger partial charge in [0.05, 0.1) is 10.0 Å². The van der Waals surface area contributed by atoms with E-state index in [1.165, 1.54) is 6.07 Å². The Labute approximate surface area is 165 Å². The van der Waals surface area contributed by atoms with Crippen LogP contribution in [-0.4, -0.2) is 15.8 Å². The first-order valence-corrected chi connectivity index (χ1v) is 9.90. The molecule has 0 saturated heterocycles. The molecule has 0 radical (unpaired) electrons. The molecule has 1 aliphatic rings. The first-order chi connectivity index (χ1) is 12.2. The lowest BCUT2D eigenvalue weighted by molar-refractivity contribution is 0.0977. The summed E-state index contributed by atoms with van der Waals surface area (Å²) in [6.07, 6.45) is 0.771. The van der Waals surface area contributed by atoms with Gasteiger partial charge in [-0.3, -0.25) is 9.79 Å². The average Bonchev–Trinajstić information content (AvgIpc) is 2.56. The molecule has 2 aromatic rings. The third kappa shape index (κ3) is 4.18. The van der Waals surface area contributed by atoms with Crippen molar-refractivity contribution in [1.29, 1.82) is 0 Å². The second kappa shape index (κ2) is 7.16. The highest BCUT2D eigenvalue weighted by Crippen LogP contribution is 2.45. The molecule has 26 heavy (non-hydrogen) atoms. The minimum Gasteiger partial charge on any atom is -0.301 e. The zero-order chi connectivity index (χ0) is 18.9. The van der Waals surface area contributed by atoms with Gasteiger partial charge < -0.3 is 5.32 Å². The van der Waals surface area contributed by atoms with Crippen LogP contribution in [0.1, 0.15) is 43.1 Å². The molecule has 0 bridgehead atoms. The largest absolute Gasteiger partial charge is 0.301 e. The summed E-state index contributed by atoms with van der Waals surface area (Å²) in [4.78, 5) is 17.3. The van der Waals surface area contributed by atoms with Crippen LogP contribution in [0.3, 0.4) is 0 Å². The van der Waals surface area contributed by atoms with Crippen molar-refractivity contribution in [2.45, 2.75) is 37.5 Å². The van der Waals surface area contributed by atoms with E-state index in [-0.39, 0.29) is 16.5 Å². The van der Waals surface area contributed by atoms with E-state index < -0.39 is 5.54 Å². The van der Waals surface area contributed by atoms with Gasteiger partial charge >= 0.3 is 0 Å². The maximum Gasteiger partial charge on any atom is 0.257 e. The summed E-state index contributed by atoms with van der Waals surface area (Å²) in [5, 5.41) is 3.51. The molecular formula is C20H20BrFN2OS. The minimum atomic E-state index is -0.551. The molecule has 1 amide bonds. The standard InChI is InChI=1S/C20H20BrFN2OS/c1-19(2)12-20(3,14-9-10-16(22)15(21)11-14)24-18(26-19)23-17(25)13-7-5-4-6-8-13/h4-11H,12H2,1-3H3,(H,23,24,25). The van der Waals surface area contributed by atoms with Crippen molar-refractivity contribution in [2.75, 3.05) is 0 Å². The van der Waals surface area contributed by atoms with Gasteiger partial charge in [-0.05, 0) is 59.1 Å². The van der Waals surface area contributed by atoms with Crippen LogP contribution in [0.5, 0.6) is 0 Å². The zero-order valence-electron chi connectivity index (χ0n) is 14.8. The predicted molar refractivity (Wildman–Crippen MR) is 109 cm³/mol. The Morgan fingerprint density at radius 2 is 1.88 bits per heavy atom. The zero-order valence-corrected chi connectivity index (χ0v) is 17.2. The molecule has 1 aliphatic heterocycles. The Kier molecular flexibility index (Phi) is 5.26. The van der Waals surface area contributed by atoms with Gasteiger partial charge in [0.1, 0.15) is 5.82 Å². The van der Waals surface area contributed by atoms with Gasteiger partial charge in [0.15, 0.2) is 5.17 Å². The van der Waals surface area contributed by atoms with Crippen LogP contribution < -0.4 is 5.32 Å². The van der Waals surface area contributed by atoms with Crippen LogP contribution >= 0.6 is 27.7 Å². The third-order valence-corrected chi connectivity index (χ3v) is 5.98. The molecule has 0 fully saturated rings. The molecule has 3 rings (SSSR count). The number of rotatable bonds is 2. The molecule has 0 spiro atoms. The van der Waals surface area contributed by atoms with Crippen molar-refractivity contribution in [2.24, 2.45) is 4.99 Å². The third-order valence-electron chi connectivity index (χ3n) is 4.29. The number of carbonyl (C=O) groups is 1. The lowest BCUT2D eigenvalue weighted by Gasteiger charge is -2.40. The fourth-order valence-electron chi connectivity index (χ4n) is 3.22. The van der Waals surface area contributed by atoms with Crippen molar-refractivity contribution < 1.29 is 9.18 Å². The summed E-state index contributed by atoms with van der Waals surface area (Å²) in [6.45, 7) is 6.26. The quantitative estimate of drug-likeness (QED) is 0.677. The number of nitrogens with zero attached hydrogens (tertiary/aromatic N) is 1. The lowest BCUT2D eigenvalue weighted by atomic mass is 9.84. The maximum absolute atomic E-state index is 13.6. The Morgan fingerprint density at radius 1 is 1.19 bits per heavy atom. The van der Waals surface area contributed by atoms with E-state index in [2.05, 4.69) is 35.1 Å². The van der Waals surface area contributed by atoms with Crippen LogP contribution in [0.4, 0.5) is 4.39 Å². The van der Waals surface area contributed by atoms with Crippen LogP contribution in [0.2, 0.25) is 0 Å². The van der Waals surface area contributed by atoms with Crippen molar-refractivity contribution in [1.82, 2.24) is 5.32 Å². The minimum absolute atomic E-state index is 0.128. The number of nitrogens with one attached hydrogen (secondary N) is 1. The number of hydrogen-bond acceptors (Lipinski definition) is 3. The van der Waals surface area contributed by atoms with E-state index in [0.29, 0.717) is 15.2 Å². The fourth-order valence-corrected chi connectivity index (χ4v) is 4.87. The van der Waals surface area contributed by atoms with E-state index in [4.69, 9.17) is 4.99 Å². The summed E-state index contributed by atoms with van der Waals surface area (Å²) >= 11 is 4.80. The molecule has 0 saturated carbocycles. The van der Waals surface area contributed by atoms with Gasteiger partial charge in [-0.1, -0.05) is 49.9 Å². The average molecular weight is 435 g/mol. The van der Waals surface area contributed by atoms with Crippen molar-refractivity contribution in [3.63, 3.8) is 0 Å². The van der Waals surface area contributed by atoms with E-state index in [1.807, 2.05) is 25.1 Å². The highest BCUT2D eigenvalue weighted by molar-refractivity contribution is 9.10. The lowest BCUT2D eigenvalue weighted by Crippen LogP contribution is -2.41. The molecule has 1 atom stereocenters. The number of benzene rings is 2. The normalized spacial score (nSPS) is 21.8. The first kappa shape index (κ1) is 19.1. The van der Waals surface area contributed by atoms with Gasteiger partial charge in [0.2, 0.25) is 0 Å². The van der Waals surface area contributed by atoms with Crippen LogP contribution in [0.15, 0.2) is 58.0 Å². The van der Waals surface area contributed by atoms with Crippen molar-refractivity contribution in [3.05, 3.63) is 69.9 Å². The molecular weight excluding hydrogens is 415 g/mol. The second-order valence-corrected chi connectivity index (χ2v) is 9.73. The van der Waals surface area contributed by atoms with E-state index in [0.717, 1.165) is 12.0 Å². The molecule has 2 aromatic carbocycles. The molecule has 0 aromatic heterocycles. The Morgan fingerprint density at radius 3 is 2.54 bits per heavy atom. The van der Waals surface area contributed by atoms with Crippen LogP contribution in [0.25, 0.3) is 0 Å². The van der Waals surface area contributed by atoms with Crippen molar-refractivity contribution >= 4 is 38.8 Å². The molecule has 3 nitrogen and oxygen atoms in total. The van der Waals surface area contributed by atoms with E-state index in [9.17, 15) is 9.18 Å². The molecule has 136 valence electrons. The number of thioether (sulfide) groups is 1. The Bertz CT molecular complexity index is 869. The van der Waals surface area contributed by atoms with Gasteiger partial charge in [-0.2, -0.15) is 0 Å². The van der Waals surface area contributed by atoms with E-state index >= 15 is 0 Å².